The molecule has 0 saturated heterocycles. The predicted octanol–water partition coefficient (Wildman–Crippen LogP) is 3.17. The molecule has 1 saturated carbocycles. The smallest absolute Gasteiger partial charge is 0.309 e. The number of ether oxygens (including phenoxy) is 2. The van der Waals surface area contributed by atoms with E-state index in [0.717, 1.165) is 12.8 Å². The zero-order chi connectivity index (χ0) is 12.2. The van der Waals surface area contributed by atoms with E-state index in [1.54, 1.807) is 0 Å². The van der Waals surface area contributed by atoms with Gasteiger partial charge in [0.25, 0.3) is 0 Å². The number of carbonyl (C=O) groups is 1. The van der Waals surface area contributed by atoms with E-state index in [-0.39, 0.29) is 11.9 Å². The highest BCUT2D eigenvalue weighted by Gasteiger charge is 2.21. The first-order chi connectivity index (χ1) is 7.84. The maximum atomic E-state index is 11.5. The maximum Gasteiger partial charge on any atom is 0.309 e. The van der Waals surface area contributed by atoms with E-state index >= 15 is 0 Å². The van der Waals surface area contributed by atoms with Crippen LogP contribution in [0.1, 0.15) is 52.9 Å². The molecule has 0 aromatic rings. The molecule has 0 aromatic heterocycles. The van der Waals surface area contributed by atoms with E-state index < -0.39 is 0 Å². The van der Waals surface area contributed by atoms with E-state index in [9.17, 15) is 4.79 Å². The molecule has 96 valence electrons. The first-order valence-corrected chi connectivity index (χ1v) is 6.59. The van der Waals surface area contributed by atoms with E-state index in [4.69, 9.17) is 9.47 Å². The van der Waals surface area contributed by atoms with Crippen molar-refractivity contribution < 1.29 is 14.3 Å². The number of hydrogen-bond donors (Lipinski definition) is 0. The Kier molecular flexibility index (Phi) is 10.5. The zero-order valence-electron chi connectivity index (χ0n) is 11.0. The van der Waals surface area contributed by atoms with Gasteiger partial charge in [0.15, 0.2) is 0 Å². The van der Waals surface area contributed by atoms with E-state index in [0.29, 0.717) is 19.8 Å². The van der Waals surface area contributed by atoms with Gasteiger partial charge in [-0.05, 0) is 19.8 Å². The summed E-state index contributed by atoms with van der Waals surface area (Å²) in [6.07, 6.45) is 5.63. The van der Waals surface area contributed by atoms with Crippen molar-refractivity contribution in [2.45, 2.75) is 52.9 Å². The molecule has 1 aliphatic rings. The summed E-state index contributed by atoms with van der Waals surface area (Å²) in [6.45, 7) is 7.54. The van der Waals surface area contributed by atoms with Crippen LogP contribution >= 0.6 is 0 Å². The van der Waals surface area contributed by atoms with Crippen molar-refractivity contribution in [1.82, 2.24) is 0 Å². The largest absolute Gasteiger partial charge is 0.463 e. The Morgan fingerprint density at radius 3 is 2.31 bits per heavy atom. The van der Waals surface area contributed by atoms with Crippen LogP contribution < -0.4 is 0 Å². The van der Waals surface area contributed by atoms with Gasteiger partial charge in [-0.2, -0.15) is 0 Å². The summed E-state index contributed by atoms with van der Waals surface area (Å²) in [4.78, 5) is 11.5. The van der Waals surface area contributed by atoms with Gasteiger partial charge in [0.1, 0.15) is 6.61 Å². The molecular formula is C13H26O3. The molecule has 0 N–H and O–H groups in total. The second-order valence-corrected chi connectivity index (χ2v) is 3.70. The van der Waals surface area contributed by atoms with Crippen molar-refractivity contribution in [3.05, 3.63) is 0 Å². The fourth-order valence-corrected chi connectivity index (χ4v) is 1.80. The molecule has 1 aliphatic carbocycles. The lowest BCUT2D eigenvalue weighted by Crippen LogP contribution is -2.22. The number of carbonyl (C=O) groups excluding carboxylic acids is 1. The molecule has 1 rings (SSSR count). The molecule has 0 aliphatic heterocycles. The summed E-state index contributed by atoms with van der Waals surface area (Å²) < 4.78 is 10.2. The van der Waals surface area contributed by atoms with Crippen LogP contribution in [0.4, 0.5) is 0 Å². The average molecular weight is 230 g/mol. The number of hydrogen-bond acceptors (Lipinski definition) is 3. The van der Waals surface area contributed by atoms with Crippen LogP contribution in [-0.4, -0.2) is 25.8 Å². The molecule has 0 heterocycles. The predicted molar refractivity (Wildman–Crippen MR) is 65.4 cm³/mol. The van der Waals surface area contributed by atoms with Crippen LogP contribution in [0.2, 0.25) is 0 Å². The lowest BCUT2D eigenvalue weighted by molar-refractivity contribution is -0.151. The molecule has 0 spiro atoms. The molecular weight excluding hydrogens is 204 g/mol. The molecule has 0 radical (unpaired) electrons. The molecule has 3 heteroatoms. The minimum absolute atomic E-state index is 0.0237. The Morgan fingerprint density at radius 1 is 1.12 bits per heavy atom. The average Bonchev–Trinajstić information content (AvgIpc) is 2.38. The molecule has 1 fully saturated rings. The van der Waals surface area contributed by atoms with Gasteiger partial charge in [-0.15, -0.1) is 0 Å². The number of rotatable bonds is 5. The lowest BCUT2D eigenvalue weighted by atomic mass is 9.89. The van der Waals surface area contributed by atoms with Crippen molar-refractivity contribution in [1.29, 1.82) is 0 Å². The maximum absolute atomic E-state index is 11.5. The monoisotopic (exact) mass is 230 g/mol. The van der Waals surface area contributed by atoms with Crippen LogP contribution in [0, 0.1) is 5.92 Å². The molecule has 0 amide bonds. The van der Waals surface area contributed by atoms with Crippen LogP contribution in [0.25, 0.3) is 0 Å². The molecule has 16 heavy (non-hydrogen) atoms. The Balaban J connectivity index is 0.00000106. The van der Waals surface area contributed by atoms with Gasteiger partial charge in [0.2, 0.25) is 0 Å². The van der Waals surface area contributed by atoms with Crippen LogP contribution in [-0.2, 0) is 14.3 Å². The highest BCUT2D eigenvalue weighted by molar-refractivity contribution is 5.72. The van der Waals surface area contributed by atoms with Gasteiger partial charge in [-0.3, -0.25) is 4.79 Å². The molecule has 0 unspecified atom stereocenters. The van der Waals surface area contributed by atoms with Crippen molar-refractivity contribution in [3.63, 3.8) is 0 Å². The number of esters is 1. The van der Waals surface area contributed by atoms with Crippen molar-refractivity contribution in [3.8, 4) is 0 Å². The minimum Gasteiger partial charge on any atom is -0.463 e. The Hall–Kier alpha value is -0.570. The quantitative estimate of drug-likeness (QED) is 0.537. The molecule has 0 aromatic carbocycles. The minimum atomic E-state index is -0.0237. The third-order valence-corrected chi connectivity index (χ3v) is 2.61. The Labute approximate surface area is 99.5 Å². The lowest BCUT2D eigenvalue weighted by Gasteiger charge is -2.19. The van der Waals surface area contributed by atoms with E-state index in [2.05, 4.69) is 0 Å². The zero-order valence-corrected chi connectivity index (χ0v) is 11.0. The highest BCUT2D eigenvalue weighted by Crippen LogP contribution is 2.24. The van der Waals surface area contributed by atoms with Crippen molar-refractivity contribution >= 4 is 5.97 Å². The molecule has 0 bridgehead atoms. The van der Waals surface area contributed by atoms with Gasteiger partial charge >= 0.3 is 5.97 Å². The second-order valence-electron chi connectivity index (χ2n) is 3.70. The van der Waals surface area contributed by atoms with Gasteiger partial charge in [0.05, 0.1) is 12.5 Å². The van der Waals surface area contributed by atoms with Gasteiger partial charge in [0, 0.05) is 6.61 Å². The van der Waals surface area contributed by atoms with E-state index in [1.807, 2.05) is 20.8 Å². The van der Waals surface area contributed by atoms with Crippen LogP contribution in [0.3, 0.4) is 0 Å². The third-order valence-electron chi connectivity index (χ3n) is 2.61. The highest BCUT2D eigenvalue weighted by atomic mass is 16.6. The fraction of sp³-hybridized carbons (Fsp3) is 0.923. The summed E-state index contributed by atoms with van der Waals surface area (Å²) >= 11 is 0. The van der Waals surface area contributed by atoms with E-state index in [1.165, 1.54) is 19.3 Å². The molecule has 3 nitrogen and oxygen atoms in total. The topological polar surface area (TPSA) is 35.5 Å². The van der Waals surface area contributed by atoms with Gasteiger partial charge < -0.3 is 9.47 Å². The normalized spacial score (nSPS) is 16.2. The first kappa shape index (κ1) is 15.4. The third kappa shape index (κ3) is 6.83. The summed E-state index contributed by atoms with van der Waals surface area (Å²) in [5, 5.41) is 0. The summed E-state index contributed by atoms with van der Waals surface area (Å²) in [7, 11) is 0. The standard InChI is InChI=1S/C11H20O3.C2H6/c1-2-13-8-9-14-11(12)10-6-4-3-5-7-10;1-2/h10H,2-9H2,1H3;1-2H3. The van der Waals surface area contributed by atoms with Crippen LogP contribution in [0.15, 0.2) is 0 Å². The summed E-state index contributed by atoms with van der Waals surface area (Å²) in [5.74, 6) is 0.134. The Bertz CT molecular complexity index is 163. The van der Waals surface area contributed by atoms with Crippen LogP contribution in [0.5, 0.6) is 0 Å². The van der Waals surface area contributed by atoms with Crippen molar-refractivity contribution in [2.75, 3.05) is 19.8 Å². The molecule has 0 atom stereocenters. The summed E-state index contributed by atoms with van der Waals surface area (Å²) in [5.41, 5.74) is 0. The SMILES string of the molecule is CC.CCOCCOC(=O)C1CCCCC1. The van der Waals surface area contributed by atoms with Crippen molar-refractivity contribution in [2.24, 2.45) is 5.92 Å². The Morgan fingerprint density at radius 2 is 1.75 bits per heavy atom. The first-order valence-electron chi connectivity index (χ1n) is 6.59. The second kappa shape index (κ2) is 10.9. The van der Waals surface area contributed by atoms with Gasteiger partial charge in [-0.25, -0.2) is 0 Å². The fourth-order valence-electron chi connectivity index (χ4n) is 1.80. The van der Waals surface area contributed by atoms with Gasteiger partial charge in [-0.1, -0.05) is 33.1 Å². The summed E-state index contributed by atoms with van der Waals surface area (Å²) in [6, 6.07) is 0.